The lowest BCUT2D eigenvalue weighted by molar-refractivity contribution is 0.620. The summed E-state index contributed by atoms with van der Waals surface area (Å²) in [6, 6.07) is 52.8. The Labute approximate surface area is 265 Å². The average molecular weight is 590 g/mol. The first-order valence-corrected chi connectivity index (χ1v) is 15.4. The van der Waals surface area contributed by atoms with Crippen LogP contribution >= 0.6 is 0 Å². The largest absolute Gasteiger partial charge is 0.436 e. The highest BCUT2D eigenvalue weighted by Gasteiger charge is 2.18. The Morgan fingerprint density at radius 3 is 1.93 bits per heavy atom. The van der Waals surface area contributed by atoms with Gasteiger partial charge in [-0.05, 0) is 82.4 Å². The molecule has 4 heteroatoms. The number of rotatable bonds is 5. The lowest BCUT2D eigenvalue weighted by Crippen LogP contribution is -1.93. The third-order valence-electron chi connectivity index (χ3n) is 8.71. The summed E-state index contributed by atoms with van der Waals surface area (Å²) in [5.74, 6) is 0.602. The quantitative estimate of drug-likeness (QED) is 0.201. The highest BCUT2D eigenvalue weighted by molar-refractivity contribution is 6.11. The van der Waals surface area contributed by atoms with Gasteiger partial charge in [-0.2, -0.15) is 0 Å². The molecule has 6 aromatic carbocycles. The van der Waals surface area contributed by atoms with Gasteiger partial charge in [0.1, 0.15) is 5.52 Å². The van der Waals surface area contributed by atoms with Crippen LogP contribution in [0.15, 0.2) is 168 Å². The van der Waals surface area contributed by atoms with Crippen molar-refractivity contribution in [3.05, 3.63) is 164 Å². The van der Waals surface area contributed by atoms with E-state index in [0.717, 1.165) is 77.5 Å². The van der Waals surface area contributed by atoms with Crippen molar-refractivity contribution in [2.24, 2.45) is 0 Å². The summed E-state index contributed by atoms with van der Waals surface area (Å²) in [6.07, 6.45) is 3.82. The Balaban J connectivity index is 1.26. The molecule has 0 bridgehead atoms. The number of pyridine rings is 1. The van der Waals surface area contributed by atoms with Crippen LogP contribution < -0.4 is 0 Å². The van der Waals surface area contributed by atoms with Gasteiger partial charge in [-0.15, -0.1) is 0 Å². The molecule has 3 aromatic heterocycles. The van der Waals surface area contributed by atoms with E-state index >= 15 is 0 Å². The van der Waals surface area contributed by atoms with Crippen molar-refractivity contribution in [3.63, 3.8) is 0 Å². The van der Waals surface area contributed by atoms with Gasteiger partial charge in [-0.3, -0.25) is 4.98 Å². The van der Waals surface area contributed by atoms with E-state index in [0.29, 0.717) is 5.89 Å². The van der Waals surface area contributed by atoms with E-state index in [1.165, 1.54) is 0 Å². The minimum Gasteiger partial charge on any atom is -0.436 e. The number of fused-ring (bicyclic) bond motifs is 4. The fourth-order valence-corrected chi connectivity index (χ4v) is 6.52. The van der Waals surface area contributed by atoms with Crippen LogP contribution in [0.4, 0.5) is 0 Å². The van der Waals surface area contributed by atoms with Gasteiger partial charge >= 0.3 is 0 Å². The van der Waals surface area contributed by atoms with Gasteiger partial charge in [-0.25, -0.2) is 4.98 Å². The lowest BCUT2D eigenvalue weighted by Gasteiger charge is -2.09. The van der Waals surface area contributed by atoms with Crippen LogP contribution in [0.5, 0.6) is 0 Å². The van der Waals surface area contributed by atoms with E-state index in [-0.39, 0.29) is 0 Å². The van der Waals surface area contributed by atoms with E-state index in [1.54, 1.807) is 0 Å². The van der Waals surface area contributed by atoms with Crippen molar-refractivity contribution >= 4 is 32.9 Å². The van der Waals surface area contributed by atoms with Gasteiger partial charge in [0.05, 0.1) is 11.0 Å². The Morgan fingerprint density at radius 1 is 0.478 bits per heavy atom. The molecule has 0 fully saturated rings. The van der Waals surface area contributed by atoms with Crippen molar-refractivity contribution in [1.82, 2.24) is 14.5 Å². The SMILES string of the molecule is c1ccc(-c2cccc(-c3nc4c(-c5ccc6c(c5)c5cnccc5n6-c5ccccc5)cc(-c5ccccc5)cc4o3)c2)cc1. The summed E-state index contributed by atoms with van der Waals surface area (Å²) in [6.45, 7) is 0. The maximum absolute atomic E-state index is 6.56. The lowest BCUT2D eigenvalue weighted by atomic mass is 9.96. The summed E-state index contributed by atoms with van der Waals surface area (Å²) >= 11 is 0. The third kappa shape index (κ3) is 4.39. The number of aromatic nitrogens is 3. The molecule has 0 radical (unpaired) electrons. The van der Waals surface area contributed by atoms with Gasteiger partial charge in [0.15, 0.2) is 5.58 Å². The maximum atomic E-state index is 6.56. The van der Waals surface area contributed by atoms with Gasteiger partial charge < -0.3 is 8.98 Å². The molecule has 9 rings (SSSR count). The number of nitrogens with zero attached hydrogens (tertiary/aromatic N) is 3. The Morgan fingerprint density at radius 2 is 1.15 bits per heavy atom. The minimum absolute atomic E-state index is 0.602. The predicted octanol–water partition coefficient (Wildman–Crippen LogP) is 11.0. The van der Waals surface area contributed by atoms with Crippen LogP contribution in [-0.4, -0.2) is 14.5 Å². The molecule has 46 heavy (non-hydrogen) atoms. The Bertz CT molecular complexity index is 2510. The molecule has 0 saturated heterocycles. The van der Waals surface area contributed by atoms with Crippen LogP contribution in [0.25, 0.3) is 83.4 Å². The molecule has 216 valence electrons. The molecule has 0 atom stereocenters. The van der Waals surface area contributed by atoms with E-state index in [9.17, 15) is 0 Å². The standard InChI is InChI=1S/C42H27N3O/c1-4-11-28(12-5-1)30-15-10-16-32(23-30)42-44-41-35(25-33(26-40(41)46-42)29-13-6-2-7-14-29)31-19-20-38-36(24-31)37-27-43-22-21-39(37)45(38)34-17-8-3-9-18-34/h1-27H. The molecule has 0 amide bonds. The van der Waals surface area contributed by atoms with Crippen LogP contribution in [-0.2, 0) is 0 Å². The van der Waals surface area contributed by atoms with Crippen molar-refractivity contribution < 1.29 is 4.42 Å². The van der Waals surface area contributed by atoms with E-state index in [1.807, 2.05) is 30.6 Å². The van der Waals surface area contributed by atoms with Crippen molar-refractivity contribution in [3.8, 4) is 50.5 Å². The van der Waals surface area contributed by atoms with Crippen LogP contribution in [0.3, 0.4) is 0 Å². The highest BCUT2D eigenvalue weighted by atomic mass is 16.3. The summed E-state index contributed by atoms with van der Waals surface area (Å²) in [7, 11) is 0. The number of hydrogen-bond donors (Lipinski definition) is 0. The van der Waals surface area contributed by atoms with E-state index < -0.39 is 0 Å². The number of hydrogen-bond acceptors (Lipinski definition) is 3. The monoisotopic (exact) mass is 589 g/mol. The molecule has 0 aliphatic carbocycles. The van der Waals surface area contributed by atoms with Crippen LogP contribution in [0, 0.1) is 0 Å². The molecular weight excluding hydrogens is 562 g/mol. The normalized spacial score (nSPS) is 11.5. The summed E-state index contributed by atoms with van der Waals surface area (Å²) in [4.78, 5) is 9.64. The molecule has 0 aliphatic rings. The second-order valence-electron chi connectivity index (χ2n) is 11.5. The van der Waals surface area contributed by atoms with Gasteiger partial charge in [0, 0.05) is 40.0 Å². The molecular formula is C42H27N3O. The second kappa shape index (κ2) is 10.7. The van der Waals surface area contributed by atoms with Crippen molar-refractivity contribution in [2.45, 2.75) is 0 Å². The topological polar surface area (TPSA) is 43.9 Å². The van der Waals surface area contributed by atoms with E-state index in [4.69, 9.17) is 9.40 Å². The number of benzene rings is 6. The van der Waals surface area contributed by atoms with E-state index in [2.05, 4.69) is 143 Å². The molecule has 0 spiro atoms. The average Bonchev–Trinajstić information content (AvgIpc) is 3.72. The van der Waals surface area contributed by atoms with Gasteiger partial charge in [0.25, 0.3) is 0 Å². The predicted molar refractivity (Wildman–Crippen MR) is 188 cm³/mol. The van der Waals surface area contributed by atoms with Crippen molar-refractivity contribution in [2.75, 3.05) is 0 Å². The zero-order valence-electron chi connectivity index (χ0n) is 24.8. The molecule has 3 heterocycles. The molecule has 0 unspecified atom stereocenters. The summed E-state index contributed by atoms with van der Waals surface area (Å²) in [5.41, 5.74) is 12.5. The van der Waals surface area contributed by atoms with Gasteiger partial charge in [-0.1, -0.05) is 97.1 Å². The molecule has 0 aliphatic heterocycles. The number of oxazole rings is 1. The smallest absolute Gasteiger partial charge is 0.227 e. The second-order valence-corrected chi connectivity index (χ2v) is 11.5. The molecule has 4 nitrogen and oxygen atoms in total. The molecule has 9 aromatic rings. The first kappa shape index (κ1) is 26.2. The fourth-order valence-electron chi connectivity index (χ4n) is 6.52. The zero-order valence-corrected chi connectivity index (χ0v) is 24.8. The molecule has 0 saturated carbocycles. The van der Waals surface area contributed by atoms with Crippen LogP contribution in [0.1, 0.15) is 0 Å². The fraction of sp³-hybridized carbons (Fsp3) is 0. The highest BCUT2D eigenvalue weighted by Crippen LogP contribution is 2.40. The maximum Gasteiger partial charge on any atom is 0.227 e. The summed E-state index contributed by atoms with van der Waals surface area (Å²) in [5, 5.41) is 2.25. The number of para-hydroxylation sites is 1. The zero-order chi connectivity index (χ0) is 30.5. The first-order chi connectivity index (χ1) is 22.8. The minimum atomic E-state index is 0.602. The summed E-state index contributed by atoms with van der Waals surface area (Å²) < 4.78 is 8.87. The van der Waals surface area contributed by atoms with Gasteiger partial charge in [0.2, 0.25) is 5.89 Å². The Hall–Kier alpha value is -6.26. The third-order valence-corrected chi connectivity index (χ3v) is 8.71. The van der Waals surface area contributed by atoms with Crippen LogP contribution in [0.2, 0.25) is 0 Å². The first-order valence-electron chi connectivity index (χ1n) is 15.4. The Kier molecular flexibility index (Phi) is 6.10. The molecule has 0 N–H and O–H groups in total. The van der Waals surface area contributed by atoms with Crippen molar-refractivity contribution in [1.29, 1.82) is 0 Å².